The molecule has 0 bridgehead atoms. The van der Waals surface area contributed by atoms with Crippen LogP contribution >= 0.6 is 12.4 Å². The SMILES string of the molecule is CN(C(=O)c1noc2c1CNCC2)C1(c2ncc(C(=O)O)cn2)CC1.Cl. The molecule has 10 heteroatoms. The zero-order valence-electron chi connectivity index (χ0n) is 14.1. The number of carbonyl (C=O) groups excluding carboxylic acids is 1. The number of aromatic nitrogens is 3. The van der Waals surface area contributed by atoms with Crippen molar-refractivity contribution in [3.63, 3.8) is 0 Å². The summed E-state index contributed by atoms with van der Waals surface area (Å²) < 4.78 is 5.31. The molecule has 0 spiro atoms. The third-order valence-electron chi connectivity index (χ3n) is 4.89. The Bertz CT molecular complexity index is 847. The number of aromatic carboxylic acids is 1. The molecule has 1 amide bonds. The highest BCUT2D eigenvalue weighted by molar-refractivity contribution is 5.94. The van der Waals surface area contributed by atoms with Crippen molar-refractivity contribution in [1.29, 1.82) is 0 Å². The molecule has 138 valence electrons. The smallest absolute Gasteiger partial charge is 0.338 e. The quantitative estimate of drug-likeness (QED) is 0.806. The fourth-order valence-corrected chi connectivity index (χ4v) is 3.16. The van der Waals surface area contributed by atoms with E-state index in [-0.39, 0.29) is 23.9 Å². The first-order valence-corrected chi connectivity index (χ1v) is 8.05. The van der Waals surface area contributed by atoms with E-state index in [1.54, 1.807) is 11.9 Å². The second kappa shape index (κ2) is 6.65. The fourth-order valence-electron chi connectivity index (χ4n) is 3.16. The van der Waals surface area contributed by atoms with Gasteiger partial charge in [0.2, 0.25) is 0 Å². The van der Waals surface area contributed by atoms with E-state index < -0.39 is 11.5 Å². The second-order valence-corrected chi connectivity index (χ2v) is 6.36. The van der Waals surface area contributed by atoms with E-state index in [0.717, 1.165) is 30.7 Å². The second-order valence-electron chi connectivity index (χ2n) is 6.36. The normalized spacial score (nSPS) is 17.0. The topological polar surface area (TPSA) is 121 Å². The number of halogens is 1. The number of carboxylic acids is 1. The number of nitrogens with zero attached hydrogens (tertiary/aromatic N) is 4. The summed E-state index contributed by atoms with van der Waals surface area (Å²) in [6.45, 7) is 1.37. The molecular formula is C16H18ClN5O4. The van der Waals surface area contributed by atoms with Crippen molar-refractivity contribution in [3.05, 3.63) is 40.8 Å². The molecule has 4 rings (SSSR count). The Morgan fingerprint density at radius 2 is 2.00 bits per heavy atom. The molecule has 1 aliphatic heterocycles. The zero-order valence-corrected chi connectivity index (χ0v) is 14.9. The maximum Gasteiger partial charge on any atom is 0.338 e. The summed E-state index contributed by atoms with van der Waals surface area (Å²) in [5.74, 6) is -0.120. The summed E-state index contributed by atoms with van der Waals surface area (Å²) in [4.78, 5) is 33.8. The Hall–Kier alpha value is -2.52. The molecule has 2 aromatic heterocycles. The highest BCUT2D eigenvalue weighted by Crippen LogP contribution is 2.49. The van der Waals surface area contributed by atoms with Gasteiger partial charge in [-0.25, -0.2) is 14.8 Å². The molecule has 1 fully saturated rings. The summed E-state index contributed by atoms with van der Waals surface area (Å²) >= 11 is 0. The van der Waals surface area contributed by atoms with Crippen LogP contribution in [0.5, 0.6) is 0 Å². The minimum absolute atomic E-state index is 0. The van der Waals surface area contributed by atoms with E-state index in [2.05, 4.69) is 20.4 Å². The molecule has 0 unspecified atom stereocenters. The van der Waals surface area contributed by atoms with Gasteiger partial charge in [-0.1, -0.05) is 5.16 Å². The first kappa shape index (κ1) is 18.3. The van der Waals surface area contributed by atoms with Crippen LogP contribution in [0.15, 0.2) is 16.9 Å². The summed E-state index contributed by atoms with van der Waals surface area (Å²) in [7, 11) is 1.70. The zero-order chi connectivity index (χ0) is 17.6. The Morgan fingerprint density at radius 3 is 2.62 bits per heavy atom. The Kier molecular flexibility index (Phi) is 4.68. The van der Waals surface area contributed by atoms with E-state index in [1.165, 1.54) is 12.4 Å². The molecule has 9 nitrogen and oxygen atoms in total. The van der Waals surface area contributed by atoms with E-state index in [4.69, 9.17) is 9.63 Å². The molecule has 0 atom stereocenters. The average Bonchev–Trinajstić information content (AvgIpc) is 3.34. The lowest BCUT2D eigenvalue weighted by Crippen LogP contribution is -2.39. The van der Waals surface area contributed by atoms with Gasteiger partial charge in [-0.3, -0.25) is 4.79 Å². The minimum Gasteiger partial charge on any atom is -0.478 e. The van der Waals surface area contributed by atoms with Crippen LogP contribution in [0.4, 0.5) is 0 Å². The summed E-state index contributed by atoms with van der Waals surface area (Å²) in [5, 5.41) is 16.1. The average molecular weight is 380 g/mol. The van der Waals surface area contributed by atoms with Gasteiger partial charge in [0.25, 0.3) is 5.91 Å². The maximum absolute atomic E-state index is 12.9. The Labute approximate surface area is 155 Å². The molecule has 0 radical (unpaired) electrons. The Balaban J connectivity index is 0.00000196. The number of carboxylic acid groups (broad SMARTS) is 1. The van der Waals surface area contributed by atoms with Gasteiger partial charge in [0.1, 0.15) is 11.3 Å². The number of amides is 1. The van der Waals surface area contributed by atoms with Crippen molar-refractivity contribution < 1.29 is 19.2 Å². The highest BCUT2D eigenvalue weighted by Gasteiger charge is 2.53. The predicted octanol–water partition coefficient (Wildman–Crippen LogP) is 0.992. The first-order chi connectivity index (χ1) is 12.0. The van der Waals surface area contributed by atoms with Gasteiger partial charge in [-0.15, -0.1) is 12.4 Å². The van der Waals surface area contributed by atoms with Crippen molar-refractivity contribution in [3.8, 4) is 0 Å². The number of hydrogen-bond acceptors (Lipinski definition) is 7. The van der Waals surface area contributed by atoms with Crippen LogP contribution in [0, 0.1) is 0 Å². The molecule has 2 aliphatic rings. The first-order valence-electron chi connectivity index (χ1n) is 8.05. The van der Waals surface area contributed by atoms with Crippen molar-refractivity contribution in [2.24, 2.45) is 0 Å². The van der Waals surface area contributed by atoms with Crippen LogP contribution in [-0.2, 0) is 18.5 Å². The molecule has 3 heterocycles. The van der Waals surface area contributed by atoms with Crippen LogP contribution < -0.4 is 5.32 Å². The van der Waals surface area contributed by atoms with Gasteiger partial charge in [0.15, 0.2) is 11.5 Å². The van der Waals surface area contributed by atoms with Crippen molar-refractivity contribution in [1.82, 2.24) is 25.3 Å². The molecular weight excluding hydrogens is 362 g/mol. The van der Waals surface area contributed by atoms with Crippen molar-refractivity contribution in [2.45, 2.75) is 31.3 Å². The minimum atomic E-state index is -1.08. The van der Waals surface area contributed by atoms with Gasteiger partial charge in [-0.05, 0) is 12.8 Å². The number of rotatable bonds is 4. The summed E-state index contributed by atoms with van der Waals surface area (Å²) in [6, 6.07) is 0. The van der Waals surface area contributed by atoms with Crippen LogP contribution in [-0.4, -0.2) is 50.6 Å². The number of fused-ring (bicyclic) bond motifs is 1. The highest BCUT2D eigenvalue weighted by atomic mass is 35.5. The van der Waals surface area contributed by atoms with Crippen molar-refractivity contribution in [2.75, 3.05) is 13.6 Å². The van der Waals surface area contributed by atoms with Gasteiger partial charge < -0.3 is 19.8 Å². The van der Waals surface area contributed by atoms with Crippen LogP contribution in [0.25, 0.3) is 0 Å². The van der Waals surface area contributed by atoms with Crippen LogP contribution in [0.1, 0.15) is 50.8 Å². The standard InChI is InChI=1S/C16H17N5O4.ClH/c1-21(13(22)12-10-8-17-5-2-11(10)25-20-12)16(3-4-16)15-18-6-9(7-19-15)14(23)24;/h6-7,17H,2-5,8H2,1H3,(H,23,24);1H. The number of hydrogen-bond donors (Lipinski definition) is 2. The molecule has 0 aromatic carbocycles. The van der Waals surface area contributed by atoms with E-state index in [9.17, 15) is 9.59 Å². The van der Waals surface area contributed by atoms with Gasteiger partial charge in [0.05, 0.1) is 5.56 Å². The van der Waals surface area contributed by atoms with E-state index >= 15 is 0 Å². The van der Waals surface area contributed by atoms with Crippen LogP contribution in [0.2, 0.25) is 0 Å². The lowest BCUT2D eigenvalue weighted by atomic mass is 10.1. The largest absolute Gasteiger partial charge is 0.478 e. The summed E-state index contributed by atoms with van der Waals surface area (Å²) in [5.41, 5.74) is 0.534. The van der Waals surface area contributed by atoms with E-state index in [0.29, 0.717) is 24.5 Å². The predicted molar refractivity (Wildman–Crippen MR) is 91.2 cm³/mol. The fraction of sp³-hybridized carbons (Fsp3) is 0.438. The van der Waals surface area contributed by atoms with Crippen molar-refractivity contribution >= 4 is 24.3 Å². The number of carbonyl (C=O) groups is 2. The van der Waals surface area contributed by atoms with Gasteiger partial charge >= 0.3 is 5.97 Å². The lowest BCUT2D eigenvalue weighted by Gasteiger charge is -2.26. The van der Waals surface area contributed by atoms with Gasteiger partial charge in [-0.2, -0.15) is 0 Å². The lowest BCUT2D eigenvalue weighted by molar-refractivity contribution is 0.0673. The molecule has 1 saturated carbocycles. The molecule has 0 saturated heterocycles. The van der Waals surface area contributed by atoms with Crippen LogP contribution in [0.3, 0.4) is 0 Å². The third kappa shape index (κ3) is 2.82. The monoisotopic (exact) mass is 379 g/mol. The molecule has 2 aromatic rings. The Morgan fingerprint density at radius 1 is 1.31 bits per heavy atom. The molecule has 2 N–H and O–H groups in total. The summed E-state index contributed by atoms with van der Waals surface area (Å²) in [6.07, 6.45) is 4.69. The third-order valence-corrected chi connectivity index (χ3v) is 4.89. The van der Waals surface area contributed by atoms with Gasteiger partial charge in [0, 0.05) is 44.5 Å². The molecule has 1 aliphatic carbocycles. The maximum atomic E-state index is 12.9. The van der Waals surface area contributed by atoms with E-state index in [1.807, 2.05) is 0 Å². The number of nitrogens with one attached hydrogen (secondary N) is 1. The molecule has 26 heavy (non-hydrogen) atoms.